The van der Waals surface area contributed by atoms with Crippen LogP contribution in [0.1, 0.15) is 31.4 Å². The quantitative estimate of drug-likeness (QED) is 0.290. The Morgan fingerprint density at radius 3 is 2.54 bits per heavy atom. The van der Waals surface area contributed by atoms with E-state index in [-0.39, 0.29) is 0 Å². The van der Waals surface area contributed by atoms with Gasteiger partial charge < -0.3 is 19.6 Å². The SMILES string of the molecule is C/C=C/COc1cc(C)c(OCCCNCC(C)=NOC)c(C)c1. The highest BCUT2D eigenvalue weighted by atomic mass is 16.6. The Labute approximate surface area is 145 Å². The maximum atomic E-state index is 5.94. The van der Waals surface area contributed by atoms with E-state index in [0.29, 0.717) is 13.2 Å². The molecule has 0 aliphatic heterocycles. The molecule has 0 heterocycles. The summed E-state index contributed by atoms with van der Waals surface area (Å²) in [7, 11) is 1.55. The molecule has 0 bridgehead atoms. The monoisotopic (exact) mass is 334 g/mol. The molecule has 1 N–H and O–H groups in total. The van der Waals surface area contributed by atoms with E-state index >= 15 is 0 Å². The highest BCUT2D eigenvalue weighted by molar-refractivity contribution is 5.83. The topological polar surface area (TPSA) is 52.1 Å². The zero-order chi connectivity index (χ0) is 17.8. The number of allylic oxidation sites excluding steroid dienone is 1. The standard InChI is InChI=1S/C19H30N2O3/c1-6-7-10-23-18-12-15(2)19(16(3)13-18)24-11-8-9-20-14-17(4)21-22-5/h6-7,12-13,20H,8-11,14H2,1-5H3/b7-6+,21-17?. The van der Waals surface area contributed by atoms with Crippen molar-refractivity contribution in [2.24, 2.45) is 5.16 Å². The van der Waals surface area contributed by atoms with Gasteiger partial charge in [0.2, 0.25) is 0 Å². The average Bonchev–Trinajstić information content (AvgIpc) is 2.53. The lowest BCUT2D eigenvalue weighted by Gasteiger charge is -2.14. The van der Waals surface area contributed by atoms with Crippen LogP contribution in [0.5, 0.6) is 11.5 Å². The number of ether oxygens (including phenoxy) is 2. The van der Waals surface area contributed by atoms with Gasteiger partial charge in [-0.1, -0.05) is 17.3 Å². The lowest BCUT2D eigenvalue weighted by molar-refractivity contribution is 0.212. The smallest absolute Gasteiger partial charge is 0.125 e. The van der Waals surface area contributed by atoms with Crippen LogP contribution in [0.25, 0.3) is 0 Å². The van der Waals surface area contributed by atoms with Gasteiger partial charge in [-0.25, -0.2) is 0 Å². The van der Waals surface area contributed by atoms with E-state index in [2.05, 4.69) is 10.5 Å². The normalized spacial score (nSPS) is 11.8. The summed E-state index contributed by atoms with van der Waals surface area (Å²) < 4.78 is 11.6. The molecule has 0 unspecified atom stereocenters. The Bertz CT molecular complexity index is 531. The first kappa shape index (κ1) is 20.0. The second-order valence-corrected chi connectivity index (χ2v) is 5.65. The lowest BCUT2D eigenvalue weighted by atomic mass is 10.1. The van der Waals surface area contributed by atoms with Gasteiger partial charge in [0, 0.05) is 6.54 Å². The van der Waals surface area contributed by atoms with E-state index in [0.717, 1.165) is 47.8 Å². The molecule has 0 radical (unpaired) electrons. The number of nitrogens with one attached hydrogen (secondary N) is 1. The summed E-state index contributed by atoms with van der Waals surface area (Å²) >= 11 is 0. The Balaban J connectivity index is 2.38. The maximum Gasteiger partial charge on any atom is 0.125 e. The number of benzene rings is 1. The number of aryl methyl sites for hydroxylation is 2. The molecule has 134 valence electrons. The van der Waals surface area contributed by atoms with Gasteiger partial charge in [0.25, 0.3) is 0 Å². The van der Waals surface area contributed by atoms with E-state index in [1.54, 1.807) is 7.11 Å². The van der Waals surface area contributed by atoms with Crippen LogP contribution in [-0.4, -0.2) is 39.1 Å². The van der Waals surface area contributed by atoms with Crippen LogP contribution < -0.4 is 14.8 Å². The van der Waals surface area contributed by atoms with Crippen molar-refractivity contribution in [3.05, 3.63) is 35.4 Å². The molecular weight excluding hydrogens is 304 g/mol. The Kier molecular flexibility index (Phi) is 9.61. The highest BCUT2D eigenvalue weighted by Gasteiger charge is 2.07. The van der Waals surface area contributed by atoms with Crippen LogP contribution >= 0.6 is 0 Å². The van der Waals surface area contributed by atoms with Crippen LogP contribution in [0.2, 0.25) is 0 Å². The first-order valence-corrected chi connectivity index (χ1v) is 8.33. The lowest BCUT2D eigenvalue weighted by Crippen LogP contribution is -2.23. The van der Waals surface area contributed by atoms with Crippen molar-refractivity contribution < 1.29 is 14.3 Å². The summed E-state index contributed by atoms with van der Waals surface area (Å²) in [4.78, 5) is 4.72. The molecule has 0 saturated carbocycles. The minimum absolute atomic E-state index is 0.590. The summed E-state index contributed by atoms with van der Waals surface area (Å²) in [6, 6.07) is 4.04. The van der Waals surface area contributed by atoms with Crippen molar-refractivity contribution in [2.45, 2.75) is 34.1 Å². The molecule has 0 aliphatic carbocycles. The second kappa shape index (κ2) is 11.5. The number of oxime groups is 1. The molecule has 1 aromatic carbocycles. The third-order valence-corrected chi connectivity index (χ3v) is 3.39. The van der Waals surface area contributed by atoms with Gasteiger partial charge in [0.05, 0.1) is 12.3 Å². The summed E-state index contributed by atoms with van der Waals surface area (Å²) in [5, 5.41) is 7.16. The summed E-state index contributed by atoms with van der Waals surface area (Å²) in [6.07, 6.45) is 4.90. The molecule has 0 aliphatic rings. The summed E-state index contributed by atoms with van der Waals surface area (Å²) in [5.41, 5.74) is 3.13. The zero-order valence-electron chi connectivity index (χ0n) is 15.5. The third kappa shape index (κ3) is 7.51. The van der Waals surface area contributed by atoms with Crippen molar-refractivity contribution in [3.8, 4) is 11.5 Å². The molecule has 0 spiro atoms. The minimum Gasteiger partial charge on any atom is -0.493 e. The van der Waals surface area contributed by atoms with Crippen LogP contribution in [0, 0.1) is 13.8 Å². The molecule has 0 saturated heterocycles. The van der Waals surface area contributed by atoms with Crippen LogP contribution in [0.15, 0.2) is 29.4 Å². The van der Waals surface area contributed by atoms with Crippen molar-refractivity contribution in [1.29, 1.82) is 0 Å². The average molecular weight is 334 g/mol. The van der Waals surface area contributed by atoms with Gasteiger partial charge >= 0.3 is 0 Å². The molecule has 0 aromatic heterocycles. The fourth-order valence-corrected chi connectivity index (χ4v) is 2.29. The molecule has 0 fully saturated rings. The van der Waals surface area contributed by atoms with E-state index in [1.807, 2.05) is 52.0 Å². The maximum absolute atomic E-state index is 5.94. The predicted octanol–water partition coefficient (Wildman–Crippen LogP) is 3.64. The summed E-state index contributed by atoms with van der Waals surface area (Å²) in [6.45, 7) is 10.9. The Morgan fingerprint density at radius 1 is 1.21 bits per heavy atom. The molecule has 24 heavy (non-hydrogen) atoms. The van der Waals surface area contributed by atoms with Crippen molar-refractivity contribution in [3.63, 3.8) is 0 Å². The first-order valence-electron chi connectivity index (χ1n) is 8.33. The number of hydrogen-bond acceptors (Lipinski definition) is 5. The Hall–Kier alpha value is -2.01. The second-order valence-electron chi connectivity index (χ2n) is 5.65. The molecule has 5 heteroatoms. The molecule has 1 aromatic rings. The van der Waals surface area contributed by atoms with Gasteiger partial charge in [-0.15, -0.1) is 0 Å². The fourth-order valence-electron chi connectivity index (χ4n) is 2.29. The molecule has 1 rings (SSSR count). The van der Waals surface area contributed by atoms with Crippen LogP contribution in [0.4, 0.5) is 0 Å². The van der Waals surface area contributed by atoms with Gasteiger partial charge in [-0.3, -0.25) is 0 Å². The van der Waals surface area contributed by atoms with Gasteiger partial charge in [-0.05, 0) is 63.9 Å². The van der Waals surface area contributed by atoms with Crippen molar-refractivity contribution in [2.75, 3.05) is 33.4 Å². The van der Waals surface area contributed by atoms with Crippen molar-refractivity contribution >= 4 is 5.71 Å². The first-order chi connectivity index (χ1) is 11.6. The van der Waals surface area contributed by atoms with Gasteiger partial charge in [0.1, 0.15) is 25.2 Å². The largest absolute Gasteiger partial charge is 0.493 e. The molecule has 0 amide bonds. The van der Waals surface area contributed by atoms with Crippen LogP contribution in [0.3, 0.4) is 0 Å². The highest BCUT2D eigenvalue weighted by Crippen LogP contribution is 2.28. The van der Waals surface area contributed by atoms with E-state index in [9.17, 15) is 0 Å². The van der Waals surface area contributed by atoms with E-state index < -0.39 is 0 Å². The van der Waals surface area contributed by atoms with Crippen molar-refractivity contribution in [1.82, 2.24) is 5.32 Å². The number of rotatable bonds is 11. The van der Waals surface area contributed by atoms with Gasteiger partial charge in [-0.2, -0.15) is 0 Å². The van der Waals surface area contributed by atoms with E-state index in [4.69, 9.17) is 14.3 Å². The predicted molar refractivity (Wildman–Crippen MR) is 99.3 cm³/mol. The minimum atomic E-state index is 0.590. The third-order valence-electron chi connectivity index (χ3n) is 3.39. The van der Waals surface area contributed by atoms with E-state index in [1.165, 1.54) is 0 Å². The Morgan fingerprint density at radius 2 is 1.92 bits per heavy atom. The van der Waals surface area contributed by atoms with Gasteiger partial charge in [0.15, 0.2) is 0 Å². The van der Waals surface area contributed by atoms with Crippen LogP contribution in [-0.2, 0) is 4.84 Å². The fraction of sp³-hybridized carbons (Fsp3) is 0.526. The summed E-state index contributed by atoms with van der Waals surface area (Å²) in [5.74, 6) is 1.83. The molecule has 5 nitrogen and oxygen atoms in total. The molecular formula is C19H30N2O3. The number of nitrogens with zero attached hydrogens (tertiary/aromatic N) is 1. The number of hydrogen-bond donors (Lipinski definition) is 1. The zero-order valence-corrected chi connectivity index (χ0v) is 15.5. The molecule has 0 atom stereocenters.